The van der Waals surface area contributed by atoms with Crippen LogP contribution in [-0.4, -0.2) is 28.9 Å². The minimum Gasteiger partial charge on any atom is -0.349 e. The van der Waals surface area contributed by atoms with Crippen LogP contribution in [0, 0.1) is 6.92 Å². The van der Waals surface area contributed by atoms with Crippen molar-refractivity contribution in [3.63, 3.8) is 0 Å². The smallest absolute Gasteiger partial charge is 0.237 e. The van der Waals surface area contributed by atoms with Crippen molar-refractivity contribution in [3.05, 3.63) is 29.6 Å². The molecule has 1 atom stereocenters. The molecule has 3 N–H and O–H groups in total. The molecule has 0 aliphatic heterocycles. The van der Waals surface area contributed by atoms with Crippen molar-refractivity contribution < 1.29 is 4.79 Å². The minimum atomic E-state index is -0.424. The van der Waals surface area contributed by atoms with Gasteiger partial charge in [-0.3, -0.25) is 9.78 Å². The Labute approximate surface area is 106 Å². The van der Waals surface area contributed by atoms with Crippen LogP contribution < -0.4 is 11.1 Å². The van der Waals surface area contributed by atoms with E-state index in [0.717, 1.165) is 17.1 Å². The van der Waals surface area contributed by atoms with Crippen LogP contribution in [0.2, 0.25) is 0 Å². The highest BCUT2D eigenvalue weighted by molar-refractivity contribution is 7.98. The molecule has 0 saturated carbocycles. The molecule has 5 heteroatoms. The van der Waals surface area contributed by atoms with Crippen LogP contribution in [-0.2, 0) is 11.3 Å². The average Bonchev–Trinajstić information content (AvgIpc) is 2.33. The first kappa shape index (κ1) is 14.0. The van der Waals surface area contributed by atoms with E-state index in [4.69, 9.17) is 5.73 Å². The van der Waals surface area contributed by atoms with Gasteiger partial charge in [-0.25, -0.2) is 0 Å². The lowest BCUT2D eigenvalue weighted by molar-refractivity contribution is -0.122. The Morgan fingerprint density at radius 3 is 3.00 bits per heavy atom. The van der Waals surface area contributed by atoms with E-state index in [9.17, 15) is 4.79 Å². The molecule has 0 aromatic carbocycles. The fourth-order valence-electron chi connectivity index (χ4n) is 1.38. The molecule has 0 aliphatic rings. The number of aryl methyl sites for hydroxylation is 1. The van der Waals surface area contributed by atoms with Gasteiger partial charge in [-0.2, -0.15) is 11.8 Å². The zero-order valence-corrected chi connectivity index (χ0v) is 11.1. The van der Waals surface area contributed by atoms with Gasteiger partial charge in [0.2, 0.25) is 5.91 Å². The summed E-state index contributed by atoms with van der Waals surface area (Å²) in [5.74, 6) is 0.791. The molecular formula is C12H19N3OS. The molecule has 0 fully saturated rings. The van der Waals surface area contributed by atoms with Gasteiger partial charge in [0, 0.05) is 5.69 Å². The van der Waals surface area contributed by atoms with E-state index in [1.54, 1.807) is 11.8 Å². The van der Waals surface area contributed by atoms with Crippen LogP contribution in [0.3, 0.4) is 0 Å². The maximum absolute atomic E-state index is 11.6. The van der Waals surface area contributed by atoms with Crippen molar-refractivity contribution in [2.24, 2.45) is 5.73 Å². The van der Waals surface area contributed by atoms with Crippen molar-refractivity contribution in [2.45, 2.75) is 25.9 Å². The van der Waals surface area contributed by atoms with Gasteiger partial charge in [-0.1, -0.05) is 6.07 Å². The molecule has 0 radical (unpaired) electrons. The number of thioether (sulfide) groups is 1. The first-order valence-electron chi connectivity index (χ1n) is 5.58. The predicted molar refractivity (Wildman–Crippen MR) is 71.8 cm³/mol. The summed E-state index contributed by atoms with van der Waals surface area (Å²) in [6.07, 6.45) is 2.70. The third-order valence-electron chi connectivity index (χ3n) is 2.36. The normalized spacial score (nSPS) is 12.2. The summed E-state index contributed by atoms with van der Waals surface area (Å²) in [5, 5.41) is 2.80. The van der Waals surface area contributed by atoms with Gasteiger partial charge in [-0.05, 0) is 37.5 Å². The molecular weight excluding hydrogens is 234 g/mol. The van der Waals surface area contributed by atoms with Gasteiger partial charge in [0.05, 0.1) is 18.3 Å². The largest absolute Gasteiger partial charge is 0.349 e. The number of rotatable bonds is 6. The summed E-state index contributed by atoms with van der Waals surface area (Å²) in [7, 11) is 0. The first-order valence-corrected chi connectivity index (χ1v) is 6.97. The van der Waals surface area contributed by atoms with E-state index in [1.807, 2.05) is 31.4 Å². The number of nitrogens with one attached hydrogen (secondary N) is 1. The molecule has 4 nitrogen and oxygen atoms in total. The van der Waals surface area contributed by atoms with Crippen LogP contribution in [0.4, 0.5) is 0 Å². The lowest BCUT2D eigenvalue weighted by Gasteiger charge is -2.11. The first-order chi connectivity index (χ1) is 8.13. The highest BCUT2D eigenvalue weighted by Crippen LogP contribution is 2.00. The second-order valence-corrected chi connectivity index (χ2v) is 4.86. The van der Waals surface area contributed by atoms with E-state index >= 15 is 0 Å². The summed E-state index contributed by atoms with van der Waals surface area (Å²) in [6, 6.07) is 5.32. The SMILES string of the molecule is CSCC[C@@H](N)C(=O)NCc1cccc(C)n1. The Morgan fingerprint density at radius 2 is 2.35 bits per heavy atom. The number of hydrogen-bond acceptors (Lipinski definition) is 4. The van der Waals surface area contributed by atoms with Gasteiger partial charge in [-0.15, -0.1) is 0 Å². The Hall–Kier alpha value is -1.07. The van der Waals surface area contributed by atoms with E-state index in [1.165, 1.54) is 0 Å². The molecule has 17 heavy (non-hydrogen) atoms. The monoisotopic (exact) mass is 253 g/mol. The molecule has 1 rings (SSSR count). The molecule has 0 saturated heterocycles. The number of aromatic nitrogens is 1. The Kier molecular flexibility index (Phi) is 6.00. The number of amides is 1. The van der Waals surface area contributed by atoms with Gasteiger partial charge < -0.3 is 11.1 Å². The summed E-state index contributed by atoms with van der Waals surface area (Å²) >= 11 is 1.69. The van der Waals surface area contributed by atoms with Gasteiger partial charge in [0.15, 0.2) is 0 Å². The van der Waals surface area contributed by atoms with Gasteiger partial charge in [0.25, 0.3) is 0 Å². The molecule has 1 aromatic heterocycles. The maximum atomic E-state index is 11.6. The molecule has 0 spiro atoms. The minimum absolute atomic E-state index is 0.109. The second-order valence-electron chi connectivity index (χ2n) is 3.88. The van der Waals surface area contributed by atoms with Crippen LogP contribution >= 0.6 is 11.8 Å². The fraction of sp³-hybridized carbons (Fsp3) is 0.500. The zero-order valence-electron chi connectivity index (χ0n) is 10.3. The number of nitrogens with zero attached hydrogens (tertiary/aromatic N) is 1. The second kappa shape index (κ2) is 7.29. The van der Waals surface area contributed by atoms with Crippen LogP contribution in [0.25, 0.3) is 0 Å². The molecule has 94 valence electrons. The molecule has 1 heterocycles. The summed E-state index contributed by atoms with van der Waals surface area (Å²) in [5.41, 5.74) is 7.56. The summed E-state index contributed by atoms with van der Waals surface area (Å²) in [6.45, 7) is 2.36. The highest BCUT2D eigenvalue weighted by Gasteiger charge is 2.12. The third kappa shape index (κ3) is 5.19. The van der Waals surface area contributed by atoms with Gasteiger partial charge in [0.1, 0.15) is 0 Å². The predicted octanol–water partition coefficient (Wildman–Crippen LogP) is 1.09. The molecule has 0 aliphatic carbocycles. The van der Waals surface area contributed by atoms with Crippen molar-refractivity contribution in [2.75, 3.05) is 12.0 Å². The van der Waals surface area contributed by atoms with Crippen LogP contribution in [0.1, 0.15) is 17.8 Å². The lowest BCUT2D eigenvalue weighted by Crippen LogP contribution is -2.40. The Bertz CT molecular complexity index is 371. The Morgan fingerprint density at radius 1 is 1.59 bits per heavy atom. The summed E-state index contributed by atoms with van der Waals surface area (Å²) < 4.78 is 0. The number of carbonyl (C=O) groups is 1. The third-order valence-corrected chi connectivity index (χ3v) is 3.00. The highest BCUT2D eigenvalue weighted by atomic mass is 32.2. The standard InChI is InChI=1S/C12H19N3OS/c1-9-4-3-5-10(15-9)8-14-12(16)11(13)6-7-17-2/h3-5,11H,6-8,13H2,1-2H3,(H,14,16)/t11-/m1/s1. The van der Waals surface area contributed by atoms with Crippen molar-refractivity contribution in [1.82, 2.24) is 10.3 Å². The Balaban J connectivity index is 2.37. The number of nitrogens with two attached hydrogens (primary N) is 1. The molecule has 1 amide bonds. The van der Waals surface area contributed by atoms with E-state index in [-0.39, 0.29) is 5.91 Å². The number of carbonyl (C=O) groups excluding carboxylic acids is 1. The zero-order chi connectivity index (χ0) is 12.7. The molecule has 1 aromatic rings. The fourth-order valence-corrected chi connectivity index (χ4v) is 1.87. The molecule has 0 unspecified atom stereocenters. The van der Waals surface area contributed by atoms with E-state index in [2.05, 4.69) is 10.3 Å². The van der Waals surface area contributed by atoms with Crippen molar-refractivity contribution >= 4 is 17.7 Å². The topological polar surface area (TPSA) is 68.0 Å². The summed E-state index contributed by atoms with van der Waals surface area (Å²) in [4.78, 5) is 15.9. The quantitative estimate of drug-likeness (QED) is 0.796. The van der Waals surface area contributed by atoms with E-state index < -0.39 is 6.04 Å². The van der Waals surface area contributed by atoms with Crippen molar-refractivity contribution in [3.8, 4) is 0 Å². The number of hydrogen-bond donors (Lipinski definition) is 2. The molecule has 0 bridgehead atoms. The van der Waals surface area contributed by atoms with Crippen molar-refractivity contribution in [1.29, 1.82) is 0 Å². The number of pyridine rings is 1. The van der Waals surface area contributed by atoms with Crippen LogP contribution in [0.5, 0.6) is 0 Å². The van der Waals surface area contributed by atoms with E-state index in [0.29, 0.717) is 13.0 Å². The van der Waals surface area contributed by atoms with Crippen LogP contribution in [0.15, 0.2) is 18.2 Å². The average molecular weight is 253 g/mol. The lowest BCUT2D eigenvalue weighted by atomic mass is 10.2. The maximum Gasteiger partial charge on any atom is 0.237 e. The van der Waals surface area contributed by atoms with Gasteiger partial charge >= 0.3 is 0 Å².